The van der Waals surface area contributed by atoms with E-state index in [-0.39, 0.29) is 6.61 Å². The van der Waals surface area contributed by atoms with Gasteiger partial charge < -0.3 is 9.52 Å². The average Bonchev–Trinajstić information content (AvgIpc) is 2.76. The molecule has 0 amide bonds. The van der Waals surface area contributed by atoms with Crippen LogP contribution in [-0.4, -0.2) is 11.7 Å². The molecule has 1 aromatic carbocycles. The van der Waals surface area contributed by atoms with Gasteiger partial charge in [0, 0.05) is 10.6 Å². The summed E-state index contributed by atoms with van der Waals surface area (Å²) in [5, 5.41) is 9.34. The lowest BCUT2D eigenvalue weighted by Gasteiger charge is -1.96. The fourth-order valence-corrected chi connectivity index (χ4v) is 1.51. The predicted octanol–water partition coefficient (Wildman–Crippen LogP) is 3.61. The third-order valence-electron chi connectivity index (χ3n) is 2.14. The first kappa shape index (κ1) is 11.0. The summed E-state index contributed by atoms with van der Waals surface area (Å²) in [7, 11) is 0. The maximum Gasteiger partial charge on any atom is 0.134 e. The number of benzene rings is 1. The highest BCUT2D eigenvalue weighted by Crippen LogP contribution is 2.24. The molecule has 1 N–H and O–H groups in total. The third-order valence-corrected chi connectivity index (χ3v) is 2.40. The van der Waals surface area contributed by atoms with Crippen molar-refractivity contribution in [3.05, 3.63) is 53.3 Å². The summed E-state index contributed by atoms with van der Waals surface area (Å²) in [6.45, 7) is 0.0109. The third kappa shape index (κ3) is 2.54. The van der Waals surface area contributed by atoms with E-state index in [9.17, 15) is 0 Å². The Morgan fingerprint density at radius 1 is 1.12 bits per heavy atom. The SMILES string of the molecule is OCC=Cc1ccc(-c2ccc(Cl)cc2)o1. The maximum atomic E-state index is 8.64. The fourth-order valence-electron chi connectivity index (χ4n) is 1.38. The van der Waals surface area contributed by atoms with Gasteiger partial charge in [-0.05, 0) is 42.5 Å². The van der Waals surface area contributed by atoms with Crippen molar-refractivity contribution >= 4 is 17.7 Å². The lowest BCUT2D eigenvalue weighted by molar-refractivity contribution is 0.343. The first-order chi connectivity index (χ1) is 7.79. The van der Waals surface area contributed by atoms with E-state index in [0.717, 1.165) is 17.1 Å². The minimum atomic E-state index is 0.0109. The van der Waals surface area contributed by atoms with Crippen LogP contribution in [0.1, 0.15) is 5.76 Å². The Morgan fingerprint density at radius 2 is 1.88 bits per heavy atom. The highest BCUT2D eigenvalue weighted by Gasteiger charge is 2.02. The van der Waals surface area contributed by atoms with Crippen LogP contribution in [0, 0.1) is 0 Å². The van der Waals surface area contributed by atoms with Gasteiger partial charge in [-0.2, -0.15) is 0 Å². The number of aliphatic hydroxyl groups excluding tert-OH is 1. The van der Waals surface area contributed by atoms with Crippen LogP contribution in [0.5, 0.6) is 0 Å². The van der Waals surface area contributed by atoms with Crippen LogP contribution in [0.15, 0.2) is 46.9 Å². The first-order valence-electron chi connectivity index (χ1n) is 4.93. The van der Waals surface area contributed by atoms with Gasteiger partial charge >= 0.3 is 0 Å². The van der Waals surface area contributed by atoms with Crippen LogP contribution in [-0.2, 0) is 0 Å². The molecule has 0 saturated carbocycles. The Kier molecular flexibility index (Phi) is 3.44. The van der Waals surface area contributed by atoms with E-state index in [2.05, 4.69) is 0 Å². The van der Waals surface area contributed by atoms with E-state index in [1.54, 1.807) is 12.2 Å². The molecule has 2 rings (SSSR count). The van der Waals surface area contributed by atoms with Gasteiger partial charge in [-0.15, -0.1) is 0 Å². The van der Waals surface area contributed by atoms with Gasteiger partial charge in [-0.1, -0.05) is 17.7 Å². The van der Waals surface area contributed by atoms with E-state index < -0.39 is 0 Å². The summed E-state index contributed by atoms with van der Waals surface area (Å²) >= 11 is 5.80. The van der Waals surface area contributed by atoms with E-state index in [0.29, 0.717) is 5.02 Å². The van der Waals surface area contributed by atoms with Crippen LogP contribution < -0.4 is 0 Å². The molecule has 0 aliphatic rings. The topological polar surface area (TPSA) is 33.4 Å². The minimum Gasteiger partial charge on any atom is -0.457 e. The van der Waals surface area contributed by atoms with Gasteiger partial charge in [0.25, 0.3) is 0 Å². The first-order valence-corrected chi connectivity index (χ1v) is 5.30. The number of furan rings is 1. The number of aliphatic hydroxyl groups is 1. The van der Waals surface area contributed by atoms with Crippen molar-refractivity contribution in [2.24, 2.45) is 0 Å². The monoisotopic (exact) mass is 234 g/mol. The molecule has 1 aromatic heterocycles. The molecule has 0 spiro atoms. The highest BCUT2D eigenvalue weighted by molar-refractivity contribution is 6.30. The summed E-state index contributed by atoms with van der Waals surface area (Å²) in [5.41, 5.74) is 0.980. The Balaban J connectivity index is 2.24. The lowest BCUT2D eigenvalue weighted by atomic mass is 10.2. The Morgan fingerprint density at radius 3 is 2.56 bits per heavy atom. The van der Waals surface area contributed by atoms with Crippen molar-refractivity contribution in [3.8, 4) is 11.3 Å². The minimum absolute atomic E-state index is 0.0109. The molecule has 0 saturated heterocycles. The highest BCUT2D eigenvalue weighted by atomic mass is 35.5. The molecule has 0 radical (unpaired) electrons. The molecule has 16 heavy (non-hydrogen) atoms. The molecule has 0 atom stereocenters. The second kappa shape index (κ2) is 5.01. The van der Waals surface area contributed by atoms with E-state index in [4.69, 9.17) is 21.1 Å². The summed E-state index contributed by atoms with van der Waals surface area (Å²) in [5.74, 6) is 1.51. The summed E-state index contributed by atoms with van der Waals surface area (Å²) in [6.07, 6.45) is 3.36. The van der Waals surface area contributed by atoms with E-state index in [1.165, 1.54) is 0 Å². The number of hydrogen-bond donors (Lipinski definition) is 1. The van der Waals surface area contributed by atoms with Gasteiger partial charge in [-0.25, -0.2) is 0 Å². The molecule has 0 aliphatic heterocycles. The van der Waals surface area contributed by atoms with Crippen LogP contribution >= 0.6 is 11.6 Å². The smallest absolute Gasteiger partial charge is 0.134 e. The van der Waals surface area contributed by atoms with Gasteiger partial charge in [0.2, 0.25) is 0 Å². The van der Waals surface area contributed by atoms with Crippen LogP contribution in [0.3, 0.4) is 0 Å². The quantitative estimate of drug-likeness (QED) is 0.880. The average molecular weight is 235 g/mol. The number of hydrogen-bond acceptors (Lipinski definition) is 2. The lowest BCUT2D eigenvalue weighted by Crippen LogP contribution is -1.72. The molecule has 0 unspecified atom stereocenters. The number of rotatable bonds is 3. The van der Waals surface area contributed by atoms with E-state index in [1.807, 2.05) is 36.4 Å². The van der Waals surface area contributed by atoms with Gasteiger partial charge in [0.05, 0.1) is 6.61 Å². The Hall–Kier alpha value is -1.51. The molecular formula is C13H11ClO2. The summed E-state index contributed by atoms with van der Waals surface area (Å²) in [4.78, 5) is 0. The summed E-state index contributed by atoms with van der Waals surface area (Å²) < 4.78 is 5.57. The maximum absolute atomic E-state index is 8.64. The van der Waals surface area contributed by atoms with Crippen molar-refractivity contribution in [2.75, 3.05) is 6.61 Å². The Labute approximate surface area is 98.8 Å². The number of halogens is 1. The zero-order valence-corrected chi connectivity index (χ0v) is 9.32. The molecule has 0 bridgehead atoms. The fraction of sp³-hybridized carbons (Fsp3) is 0.0769. The van der Waals surface area contributed by atoms with Crippen molar-refractivity contribution in [1.82, 2.24) is 0 Å². The molecule has 3 heteroatoms. The molecule has 2 aromatic rings. The van der Waals surface area contributed by atoms with Crippen LogP contribution in [0.2, 0.25) is 5.02 Å². The van der Waals surface area contributed by atoms with Crippen molar-refractivity contribution < 1.29 is 9.52 Å². The normalized spacial score (nSPS) is 11.1. The largest absolute Gasteiger partial charge is 0.457 e. The summed E-state index contributed by atoms with van der Waals surface area (Å²) in [6, 6.07) is 11.2. The van der Waals surface area contributed by atoms with Crippen LogP contribution in [0.25, 0.3) is 17.4 Å². The van der Waals surface area contributed by atoms with Crippen molar-refractivity contribution in [1.29, 1.82) is 0 Å². The van der Waals surface area contributed by atoms with Crippen molar-refractivity contribution in [3.63, 3.8) is 0 Å². The predicted molar refractivity (Wildman–Crippen MR) is 65.3 cm³/mol. The zero-order valence-electron chi connectivity index (χ0n) is 8.56. The van der Waals surface area contributed by atoms with E-state index >= 15 is 0 Å². The van der Waals surface area contributed by atoms with Gasteiger partial charge in [0.15, 0.2) is 0 Å². The molecule has 0 fully saturated rings. The van der Waals surface area contributed by atoms with Crippen LogP contribution in [0.4, 0.5) is 0 Å². The second-order valence-corrected chi connectivity index (χ2v) is 3.73. The second-order valence-electron chi connectivity index (χ2n) is 3.29. The molecule has 1 heterocycles. The van der Waals surface area contributed by atoms with Crippen molar-refractivity contribution in [2.45, 2.75) is 0 Å². The standard InChI is InChI=1S/C13H11ClO2/c14-11-5-3-10(4-6-11)13-8-7-12(16-13)2-1-9-15/h1-8,15H,9H2. The molecule has 2 nitrogen and oxygen atoms in total. The molecule has 82 valence electrons. The van der Waals surface area contributed by atoms with Gasteiger partial charge in [0.1, 0.15) is 11.5 Å². The Bertz CT molecular complexity index is 483. The zero-order chi connectivity index (χ0) is 11.4. The molecular weight excluding hydrogens is 224 g/mol. The van der Waals surface area contributed by atoms with Gasteiger partial charge in [-0.3, -0.25) is 0 Å². The molecule has 0 aliphatic carbocycles.